The minimum Gasteiger partial charge on any atom is -0.350 e. The van der Waals surface area contributed by atoms with E-state index in [0.29, 0.717) is 18.2 Å². The second-order valence-corrected chi connectivity index (χ2v) is 4.02. The monoisotopic (exact) mass is 235 g/mol. The lowest BCUT2D eigenvalue weighted by atomic mass is 10.2. The van der Waals surface area contributed by atoms with Crippen molar-refractivity contribution in [1.29, 1.82) is 0 Å². The molecule has 0 aliphatic carbocycles. The van der Waals surface area contributed by atoms with Gasteiger partial charge in [0.25, 0.3) is 5.91 Å². The van der Waals surface area contributed by atoms with Crippen molar-refractivity contribution in [1.82, 2.24) is 15.2 Å². The lowest BCUT2D eigenvalue weighted by Gasteiger charge is -2.26. The maximum atomic E-state index is 11.8. The minimum atomic E-state index is -0.0582. The number of carbonyl (C=O) groups is 1. The van der Waals surface area contributed by atoms with Crippen LogP contribution in [0.4, 0.5) is 0 Å². The van der Waals surface area contributed by atoms with Crippen LogP contribution in [0, 0.1) is 0 Å². The minimum absolute atomic E-state index is 0.0582. The first-order chi connectivity index (χ1) is 8.19. The molecule has 1 N–H and O–H groups in total. The summed E-state index contributed by atoms with van der Waals surface area (Å²) in [7, 11) is 0. The molecular weight excluding hydrogens is 214 g/mol. The van der Waals surface area contributed by atoms with Gasteiger partial charge < -0.3 is 5.32 Å². The Morgan fingerprint density at radius 1 is 1.47 bits per heavy atom. The number of likely N-dealkylation sites (N-methyl/N-ethyl adjacent to an activating group) is 1. The standard InChI is InChI=1S/C13H21N3O/c1-4-16(5-2)11(3)9-15-13(17)12-7-6-8-14-10-12/h6-8,10-11H,4-5,9H2,1-3H3,(H,15,17). The molecule has 0 saturated heterocycles. The zero-order valence-electron chi connectivity index (χ0n) is 10.8. The lowest BCUT2D eigenvalue weighted by molar-refractivity contribution is 0.0937. The molecular formula is C13H21N3O. The Bertz CT molecular complexity index is 336. The predicted octanol–water partition coefficient (Wildman–Crippen LogP) is 1.54. The van der Waals surface area contributed by atoms with Crippen LogP contribution in [0.25, 0.3) is 0 Å². The normalized spacial score (nSPS) is 12.5. The number of pyridine rings is 1. The number of rotatable bonds is 6. The fourth-order valence-electron chi connectivity index (χ4n) is 1.82. The van der Waals surface area contributed by atoms with Gasteiger partial charge in [-0.05, 0) is 32.1 Å². The molecule has 1 amide bonds. The van der Waals surface area contributed by atoms with Crippen molar-refractivity contribution in [3.05, 3.63) is 30.1 Å². The largest absolute Gasteiger partial charge is 0.350 e. The summed E-state index contributed by atoms with van der Waals surface area (Å²) in [5.74, 6) is -0.0582. The van der Waals surface area contributed by atoms with Crippen LogP contribution in [-0.4, -0.2) is 41.5 Å². The van der Waals surface area contributed by atoms with Crippen molar-refractivity contribution in [2.75, 3.05) is 19.6 Å². The zero-order chi connectivity index (χ0) is 12.7. The molecule has 0 fully saturated rings. The summed E-state index contributed by atoms with van der Waals surface area (Å²) in [6, 6.07) is 3.89. The van der Waals surface area contributed by atoms with Crippen molar-refractivity contribution in [3.63, 3.8) is 0 Å². The molecule has 4 heteroatoms. The van der Waals surface area contributed by atoms with Crippen LogP contribution in [0.1, 0.15) is 31.1 Å². The van der Waals surface area contributed by atoms with Crippen molar-refractivity contribution >= 4 is 5.91 Å². The summed E-state index contributed by atoms with van der Waals surface area (Å²) in [5.41, 5.74) is 0.610. The van der Waals surface area contributed by atoms with E-state index in [4.69, 9.17) is 0 Å². The zero-order valence-corrected chi connectivity index (χ0v) is 10.8. The summed E-state index contributed by atoms with van der Waals surface area (Å²) in [4.78, 5) is 18.0. The van der Waals surface area contributed by atoms with Gasteiger partial charge in [-0.2, -0.15) is 0 Å². The van der Waals surface area contributed by atoms with Gasteiger partial charge in [0, 0.05) is 25.0 Å². The Morgan fingerprint density at radius 2 is 2.18 bits per heavy atom. The van der Waals surface area contributed by atoms with E-state index in [-0.39, 0.29) is 5.91 Å². The Morgan fingerprint density at radius 3 is 2.71 bits per heavy atom. The molecule has 94 valence electrons. The van der Waals surface area contributed by atoms with E-state index in [1.165, 1.54) is 0 Å². The summed E-state index contributed by atoms with van der Waals surface area (Å²) >= 11 is 0. The summed E-state index contributed by atoms with van der Waals surface area (Å²) < 4.78 is 0. The summed E-state index contributed by atoms with van der Waals surface area (Å²) in [6.07, 6.45) is 3.24. The van der Waals surface area contributed by atoms with Gasteiger partial charge in [0.05, 0.1) is 5.56 Å². The van der Waals surface area contributed by atoms with Gasteiger partial charge in [-0.3, -0.25) is 14.7 Å². The number of hydrogen-bond acceptors (Lipinski definition) is 3. The Kier molecular flexibility index (Phi) is 5.63. The fourth-order valence-corrected chi connectivity index (χ4v) is 1.82. The van der Waals surface area contributed by atoms with Crippen molar-refractivity contribution in [2.45, 2.75) is 26.8 Å². The van der Waals surface area contributed by atoms with E-state index in [1.807, 2.05) is 0 Å². The SMILES string of the molecule is CCN(CC)C(C)CNC(=O)c1cccnc1. The highest BCUT2D eigenvalue weighted by molar-refractivity contribution is 5.93. The maximum Gasteiger partial charge on any atom is 0.252 e. The first-order valence-corrected chi connectivity index (χ1v) is 6.11. The second-order valence-electron chi connectivity index (χ2n) is 4.02. The average molecular weight is 235 g/mol. The molecule has 0 aliphatic heterocycles. The van der Waals surface area contributed by atoms with Crippen molar-refractivity contribution < 1.29 is 4.79 Å². The Labute approximate surface area is 103 Å². The van der Waals surface area contributed by atoms with E-state index < -0.39 is 0 Å². The smallest absolute Gasteiger partial charge is 0.252 e. The number of nitrogens with zero attached hydrogens (tertiary/aromatic N) is 2. The first kappa shape index (κ1) is 13.6. The Balaban J connectivity index is 2.43. The predicted molar refractivity (Wildman–Crippen MR) is 69.0 cm³/mol. The number of amides is 1. The molecule has 0 aliphatic rings. The van der Waals surface area contributed by atoms with Crippen LogP contribution >= 0.6 is 0 Å². The van der Waals surface area contributed by atoms with Gasteiger partial charge in [0.15, 0.2) is 0 Å². The number of nitrogens with one attached hydrogen (secondary N) is 1. The average Bonchev–Trinajstić information content (AvgIpc) is 2.38. The van der Waals surface area contributed by atoms with Gasteiger partial charge in [-0.15, -0.1) is 0 Å². The lowest BCUT2D eigenvalue weighted by Crippen LogP contribution is -2.42. The molecule has 1 unspecified atom stereocenters. The summed E-state index contributed by atoms with van der Waals surface area (Å²) in [6.45, 7) is 9.04. The van der Waals surface area contributed by atoms with Gasteiger partial charge in [-0.1, -0.05) is 13.8 Å². The van der Waals surface area contributed by atoms with E-state index in [9.17, 15) is 4.79 Å². The molecule has 1 aromatic heterocycles. The first-order valence-electron chi connectivity index (χ1n) is 6.11. The molecule has 0 radical (unpaired) electrons. The van der Waals surface area contributed by atoms with Crippen LogP contribution in [0.2, 0.25) is 0 Å². The highest BCUT2D eigenvalue weighted by Crippen LogP contribution is 1.99. The van der Waals surface area contributed by atoms with E-state index in [2.05, 4.69) is 36.0 Å². The molecule has 1 aromatic rings. The molecule has 0 bridgehead atoms. The fraction of sp³-hybridized carbons (Fsp3) is 0.538. The van der Waals surface area contributed by atoms with Crippen LogP contribution in [0.15, 0.2) is 24.5 Å². The third-order valence-electron chi connectivity index (χ3n) is 2.92. The van der Waals surface area contributed by atoms with Gasteiger partial charge in [0.2, 0.25) is 0 Å². The molecule has 0 spiro atoms. The van der Waals surface area contributed by atoms with Crippen LogP contribution in [0.5, 0.6) is 0 Å². The van der Waals surface area contributed by atoms with E-state index >= 15 is 0 Å². The molecule has 17 heavy (non-hydrogen) atoms. The molecule has 4 nitrogen and oxygen atoms in total. The van der Waals surface area contributed by atoms with E-state index in [1.54, 1.807) is 24.5 Å². The van der Waals surface area contributed by atoms with Crippen LogP contribution in [0.3, 0.4) is 0 Å². The van der Waals surface area contributed by atoms with Crippen molar-refractivity contribution in [2.24, 2.45) is 0 Å². The van der Waals surface area contributed by atoms with Crippen molar-refractivity contribution in [3.8, 4) is 0 Å². The molecule has 1 rings (SSSR count). The third kappa shape index (κ3) is 4.15. The van der Waals surface area contributed by atoms with Crippen LogP contribution in [-0.2, 0) is 0 Å². The number of carbonyl (C=O) groups excluding carboxylic acids is 1. The molecule has 1 atom stereocenters. The highest BCUT2D eigenvalue weighted by atomic mass is 16.1. The van der Waals surface area contributed by atoms with Gasteiger partial charge in [-0.25, -0.2) is 0 Å². The second kappa shape index (κ2) is 7.01. The summed E-state index contributed by atoms with van der Waals surface area (Å²) in [5, 5.41) is 2.93. The molecule has 0 saturated carbocycles. The maximum absolute atomic E-state index is 11.8. The number of aromatic nitrogens is 1. The topological polar surface area (TPSA) is 45.2 Å². The number of hydrogen-bond donors (Lipinski definition) is 1. The van der Waals surface area contributed by atoms with E-state index in [0.717, 1.165) is 13.1 Å². The van der Waals surface area contributed by atoms with Crippen LogP contribution < -0.4 is 5.32 Å². The Hall–Kier alpha value is -1.42. The third-order valence-corrected chi connectivity index (χ3v) is 2.92. The van der Waals surface area contributed by atoms with Gasteiger partial charge >= 0.3 is 0 Å². The highest BCUT2D eigenvalue weighted by Gasteiger charge is 2.11. The molecule has 1 heterocycles. The quantitative estimate of drug-likeness (QED) is 0.813. The molecule has 0 aromatic carbocycles. The van der Waals surface area contributed by atoms with Gasteiger partial charge in [0.1, 0.15) is 0 Å².